The fourth-order valence-electron chi connectivity index (χ4n) is 4.01. The third-order valence-electron chi connectivity index (χ3n) is 4.96. The average Bonchev–Trinajstić information content (AvgIpc) is 3.18. The van der Waals surface area contributed by atoms with E-state index >= 15 is 0 Å². The van der Waals surface area contributed by atoms with E-state index in [0.717, 1.165) is 5.56 Å². The number of fused-ring (bicyclic) bond motifs is 5. The molecule has 25 heavy (non-hydrogen) atoms. The Labute approximate surface area is 146 Å². The molecule has 2 heterocycles. The standard InChI is InChI=1S/C18H22N4O3/c1-18(2,3)25-17(24)22-13-9-12(16(22)23)14-15(13)21(20-19-14)10-11-7-5-4-6-8-11/h4-8,12-15H,9-10H2,1-3H3/t12-,13+,14+,15-/m1/s1. The third kappa shape index (κ3) is 2.67. The van der Waals surface area contributed by atoms with Crippen LogP contribution in [0.15, 0.2) is 40.7 Å². The van der Waals surface area contributed by atoms with Crippen LogP contribution in [0.3, 0.4) is 0 Å². The number of imide groups is 1. The summed E-state index contributed by atoms with van der Waals surface area (Å²) in [6, 6.07) is 9.57. The molecule has 4 atom stereocenters. The fourth-order valence-corrected chi connectivity index (χ4v) is 4.01. The SMILES string of the molecule is CC(C)(C)OC(=O)N1C(=O)[C@@H]2C[C@H]1[C@@H]1[C@H]2N=NN1Cc1ccccc1. The molecule has 2 aliphatic heterocycles. The van der Waals surface area contributed by atoms with Gasteiger partial charge in [-0.15, -0.1) is 0 Å². The number of hydrogen-bond acceptors (Lipinski definition) is 6. The van der Waals surface area contributed by atoms with Crippen LogP contribution in [0.25, 0.3) is 0 Å². The Morgan fingerprint density at radius 3 is 2.68 bits per heavy atom. The Hall–Kier alpha value is -2.44. The van der Waals surface area contributed by atoms with E-state index in [1.165, 1.54) is 4.90 Å². The minimum absolute atomic E-state index is 0.0598. The normalized spacial score (nSPS) is 30.1. The number of carbonyl (C=O) groups excluding carboxylic acids is 2. The molecule has 7 nitrogen and oxygen atoms in total. The lowest BCUT2D eigenvalue weighted by molar-refractivity contribution is -0.135. The molecule has 0 radical (unpaired) electrons. The largest absolute Gasteiger partial charge is 0.443 e. The molecule has 1 saturated carbocycles. The molecule has 3 aliphatic rings. The Balaban J connectivity index is 1.54. The van der Waals surface area contributed by atoms with Crippen LogP contribution in [0.5, 0.6) is 0 Å². The highest BCUT2D eigenvalue weighted by Gasteiger charge is 2.63. The molecule has 0 aromatic heterocycles. The maximum atomic E-state index is 12.6. The molecule has 4 rings (SSSR count). The van der Waals surface area contributed by atoms with Gasteiger partial charge < -0.3 is 4.74 Å². The molecule has 2 bridgehead atoms. The van der Waals surface area contributed by atoms with E-state index in [1.807, 2.05) is 35.3 Å². The van der Waals surface area contributed by atoms with Crippen LogP contribution >= 0.6 is 0 Å². The molecule has 132 valence electrons. The van der Waals surface area contributed by atoms with Crippen LogP contribution in [-0.4, -0.2) is 45.6 Å². The summed E-state index contributed by atoms with van der Waals surface area (Å²) >= 11 is 0. The molecule has 1 saturated heterocycles. The van der Waals surface area contributed by atoms with Gasteiger partial charge >= 0.3 is 6.09 Å². The van der Waals surface area contributed by atoms with E-state index in [0.29, 0.717) is 13.0 Å². The van der Waals surface area contributed by atoms with Crippen molar-refractivity contribution in [3.8, 4) is 0 Å². The van der Waals surface area contributed by atoms with Crippen molar-refractivity contribution < 1.29 is 14.3 Å². The lowest BCUT2D eigenvalue weighted by atomic mass is 9.98. The Morgan fingerprint density at radius 1 is 1.28 bits per heavy atom. The summed E-state index contributed by atoms with van der Waals surface area (Å²) in [6.07, 6.45) is 0.0765. The molecule has 0 spiro atoms. The molecule has 2 amide bonds. The molecule has 1 aromatic carbocycles. The van der Waals surface area contributed by atoms with Gasteiger partial charge in [-0.3, -0.25) is 9.80 Å². The Bertz CT molecular complexity index is 728. The van der Waals surface area contributed by atoms with Gasteiger partial charge in [-0.1, -0.05) is 35.6 Å². The molecule has 0 unspecified atom stereocenters. The Kier molecular flexibility index (Phi) is 3.56. The molecule has 1 aromatic rings. The zero-order valence-electron chi connectivity index (χ0n) is 14.6. The maximum absolute atomic E-state index is 12.6. The lowest BCUT2D eigenvalue weighted by Crippen LogP contribution is -2.56. The summed E-state index contributed by atoms with van der Waals surface area (Å²) in [5, 5.41) is 10.5. The van der Waals surface area contributed by atoms with Crippen LogP contribution in [0.2, 0.25) is 0 Å². The number of benzene rings is 1. The summed E-state index contributed by atoms with van der Waals surface area (Å²) in [7, 11) is 0. The van der Waals surface area contributed by atoms with Gasteiger partial charge in [0.2, 0.25) is 5.91 Å². The number of amides is 2. The lowest BCUT2D eigenvalue weighted by Gasteiger charge is -2.36. The van der Waals surface area contributed by atoms with Gasteiger partial charge in [0.15, 0.2) is 0 Å². The smallest absolute Gasteiger partial charge is 0.417 e. The summed E-state index contributed by atoms with van der Waals surface area (Å²) < 4.78 is 5.43. The zero-order valence-corrected chi connectivity index (χ0v) is 14.6. The van der Waals surface area contributed by atoms with Crippen LogP contribution in [0.4, 0.5) is 4.79 Å². The van der Waals surface area contributed by atoms with Crippen molar-refractivity contribution in [1.29, 1.82) is 0 Å². The number of piperidine rings is 1. The second-order valence-electron chi connectivity index (χ2n) is 7.87. The van der Waals surface area contributed by atoms with Crippen molar-refractivity contribution in [2.24, 2.45) is 16.3 Å². The first kappa shape index (κ1) is 16.1. The van der Waals surface area contributed by atoms with E-state index in [2.05, 4.69) is 10.3 Å². The van der Waals surface area contributed by atoms with Gasteiger partial charge in [0.05, 0.1) is 24.5 Å². The first-order valence-electron chi connectivity index (χ1n) is 8.62. The van der Waals surface area contributed by atoms with Gasteiger partial charge in [0.25, 0.3) is 0 Å². The molecule has 7 heteroatoms. The van der Waals surface area contributed by atoms with Crippen molar-refractivity contribution >= 4 is 12.0 Å². The van der Waals surface area contributed by atoms with Crippen molar-refractivity contribution in [2.45, 2.75) is 57.5 Å². The molecule has 0 N–H and O–H groups in total. The van der Waals surface area contributed by atoms with Crippen LogP contribution in [0, 0.1) is 5.92 Å². The van der Waals surface area contributed by atoms with Crippen LogP contribution < -0.4 is 0 Å². The second-order valence-corrected chi connectivity index (χ2v) is 7.87. The fraction of sp³-hybridized carbons (Fsp3) is 0.556. The van der Waals surface area contributed by atoms with Gasteiger partial charge in [0.1, 0.15) is 11.6 Å². The Morgan fingerprint density at radius 2 is 2.00 bits per heavy atom. The first-order valence-corrected chi connectivity index (χ1v) is 8.62. The van der Waals surface area contributed by atoms with Crippen molar-refractivity contribution in [1.82, 2.24) is 9.91 Å². The minimum atomic E-state index is -0.632. The topological polar surface area (TPSA) is 74.6 Å². The van der Waals surface area contributed by atoms with Gasteiger partial charge in [-0.25, -0.2) is 9.69 Å². The monoisotopic (exact) mass is 342 g/mol. The van der Waals surface area contributed by atoms with Crippen molar-refractivity contribution in [3.63, 3.8) is 0 Å². The predicted octanol–water partition coefficient (Wildman–Crippen LogP) is 2.77. The number of hydrogen-bond donors (Lipinski definition) is 0. The summed E-state index contributed by atoms with van der Waals surface area (Å²) in [4.78, 5) is 26.4. The quantitative estimate of drug-likeness (QED) is 0.828. The summed E-state index contributed by atoms with van der Waals surface area (Å²) in [5.41, 5.74) is 0.493. The number of nitrogens with zero attached hydrogens (tertiary/aromatic N) is 4. The summed E-state index contributed by atoms with van der Waals surface area (Å²) in [6.45, 7) is 6.02. The third-order valence-corrected chi connectivity index (χ3v) is 4.96. The highest BCUT2D eigenvalue weighted by atomic mass is 16.6. The molecule has 2 fully saturated rings. The van der Waals surface area contributed by atoms with Crippen LogP contribution in [0.1, 0.15) is 32.8 Å². The van der Waals surface area contributed by atoms with E-state index < -0.39 is 11.7 Å². The highest BCUT2D eigenvalue weighted by molar-refractivity contribution is 5.97. The van der Waals surface area contributed by atoms with Gasteiger partial charge in [-0.2, -0.15) is 5.11 Å². The molecule has 1 aliphatic carbocycles. The van der Waals surface area contributed by atoms with E-state index in [9.17, 15) is 9.59 Å². The summed E-state index contributed by atoms with van der Waals surface area (Å²) in [5.74, 6) is -0.451. The predicted molar refractivity (Wildman–Crippen MR) is 89.4 cm³/mol. The number of carbonyl (C=O) groups is 2. The minimum Gasteiger partial charge on any atom is -0.443 e. The van der Waals surface area contributed by atoms with Crippen molar-refractivity contribution in [3.05, 3.63) is 35.9 Å². The van der Waals surface area contributed by atoms with Gasteiger partial charge in [-0.05, 0) is 32.8 Å². The number of ether oxygens (including phenoxy) is 1. The average molecular weight is 342 g/mol. The van der Waals surface area contributed by atoms with E-state index in [4.69, 9.17) is 4.74 Å². The molecular formula is C18H22N4O3. The van der Waals surface area contributed by atoms with E-state index in [-0.39, 0.29) is 30.0 Å². The number of likely N-dealkylation sites (tertiary alicyclic amines) is 1. The van der Waals surface area contributed by atoms with Crippen molar-refractivity contribution in [2.75, 3.05) is 0 Å². The molecular weight excluding hydrogens is 320 g/mol. The van der Waals surface area contributed by atoms with E-state index in [1.54, 1.807) is 20.8 Å². The first-order chi connectivity index (χ1) is 11.8. The zero-order chi connectivity index (χ0) is 17.8. The van der Waals surface area contributed by atoms with Crippen LogP contribution in [-0.2, 0) is 16.1 Å². The second kappa shape index (κ2) is 5.54. The number of rotatable bonds is 2. The van der Waals surface area contributed by atoms with Gasteiger partial charge in [0, 0.05) is 0 Å². The highest BCUT2D eigenvalue weighted by Crippen LogP contribution is 2.46. The maximum Gasteiger partial charge on any atom is 0.417 e.